The molecule has 7 N–H and O–H groups in total. The maximum Gasteiger partial charge on any atom is 0.516 e. The van der Waals surface area contributed by atoms with Crippen LogP contribution in [0.3, 0.4) is 0 Å². The smallest absolute Gasteiger partial charge is 0.497 e. The molecule has 0 unspecified atom stereocenters. The number of nitrogens with zero attached hydrogens (tertiary/aromatic N) is 5. The van der Waals surface area contributed by atoms with Crippen molar-refractivity contribution in [3.05, 3.63) is 111 Å². The molecule has 6 fully saturated rings. The lowest BCUT2D eigenvalue weighted by atomic mass is 9.85. The number of alkyl carbamates (subject to hydrolysis) is 1. The molecule has 0 radical (unpaired) electrons. The summed E-state index contributed by atoms with van der Waals surface area (Å²) in [5.41, 5.74) is -4.00. The van der Waals surface area contributed by atoms with Crippen molar-refractivity contribution in [2.24, 2.45) is 28.4 Å². The highest BCUT2D eigenvalue weighted by Gasteiger charge is 2.64. The predicted molar refractivity (Wildman–Crippen MR) is 411 cm³/mol. The third kappa shape index (κ3) is 21.8. The maximum absolute atomic E-state index is 14.4. The number of carbonyl (C=O) groups is 8. The number of methoxy groups -OCH3 is 2. The van der Waals surface area contributed by atoms with Gasteiger partial charge in [-0.1, -0.05) is 59.8 Å². The van der Waals surface area contributed by atoms with Crippen molar-refractivity contribution in [3.63, 3.8) is 0 Å². The van der Waals surface area contributed by atoms with Crippen LogP contribution in [0.25, 0.3) is 21.5 Å². The molecule has 0 bridgehead atoms. The maximum atomic E-state index is 14.4. The van der Waals surface area contributed by atoms with Crippen LogP contribution in [0.4, 0.5) is 35.9 Å². The summed E-state index contributed by atoms with van der Waals surface area (Å²) in [6, 6.07) is 13.9. The van der Waals surface area contributed by atoms with E-state index in [1.807, 2.05) is 39.0 Å². The van der Waals surface area contributed by atoms with Gasteiger partial charge in [0.2, 0.25) is 72.5 Å². The Morgan fingerprint density at radius 3 is 1.35 bits per heavy atom. The van der Waals surface area contributed by atoms with Crippen molar-refractivity contribution in [3.8, 4) is 29.1 Å². The molecule has 0 spiro atoms. The number of ether oxygens (including phenoxy) is 7. The van der Waals surface area contributed by atoms with Crippen LogP contribution in [0.15, 0.2) is 111 Å². The van der Waals surface area contributed by atoms with Crippen molar-refractivity contribution < 1.29 is 115 Å². The zero-order chi connectivity index (χ0) is 83.7. The SMILES string of the molecule is C=C[C@@H]1C[C@]1(NC(=O)[C@@H]1C[C@@H](Oc2nccc3cc(OC)ccc23)CN1C(=O)[C@@H](N)C(C)(C)C)C(=O)NS(=O)(=O)C1CC1.C=C[C@@H]1C[C@]1(NC(=O)[C@@H]1C[C@@H](Oc2nccc3cc(OC)ccc23)CN1C(=O)[C@@H](NC(=O)OC(C)(C)C(F)(F)F)C(C)(C)C)C(=O)NS(=O)(=O)C1CC1.CC(C)(OC(=O)Oc1ccccn1)C(F)(F)F.Cl.Cl. The van der Waals surface area contributed by atoms with Crippen molar-refractivity contribution in [2.75, 3.05) is 27.3 Å². The standard InChI is InChI=1S/C35H44F3N5O9S.C30H39N5O7S.C10H10F3NO3.2ClH/c1-8-20-17-34(20,30(46)42-53(48,49)23-10-11-23)41-27(44)25-16-22(51-28-24-12-9-21(50-7)15-19(24)13-14-39-28)18-43(25)29(45)26(32(2,3)4)40-31(47)52-33(5,6)35(36,37)38;1-6-18-15-30(18,28(38)34-43(39,40)21-8-9-21)33-25(36)23-14-20(16-35(23)27(37)24(31)29(2,3)4)42-26-22-10-7-19(41-5)13-17(22)11-12-32-26;1-9(2,10(11,12)13)17-8(15)16-7-5-3-4-6-14-7;;/h8-9,12-15,20,22-23,25-26H,1,10-11,16-18H2,2-7H3,(H,40,47)(H,41,44)(H,42,46);6-7,10-13,18,20-21,23-24H,1,8-9,14-16,31H2,2-5H3,(H,33,36)(H,34,38);3-6H,1-2H3;2*1H/t20-,22-,25+,26-,34-;18-,20-,23+,24-,30-;;;/m11.../s1. The molecule has 30 nitrogen and oxygen atoms in total. The molecule has 4 aliphatic carbocycles. The molecule has 4 saturated carbocycles. The minimum absolute atomic E-state index is 0. The largest absolute Gasteiger partial charge is 0.516 e. The molecular formula is C75H95Cl2F6N11O19S2. The number of alkyl halides is 6. The molecule has 10 atom stereocenters. The molecular weight excluding hydrogens is 1610 g/mol. The van der Waals surface area contributed by atoms with E-state index in [4.69, 9.17) is 24.7 Å². The van der Waals surface area contributed by atoms with Gasteiger partial charge in [-0.25, -0.2) is 41.4 Å². The van der Waals surface area contributed by atoms with E-state index in [1.54, 1.807) is 70.5 Å². The monoisotopic (exact) mass is 1700 g/mol. The number of rotatable bonds is 24. The summed E-state index contributed by atoms with van der Waals surface area (Å²) in [6.45, 7) is 20.3. The fourth-order valence-corrected chi connectivity index (χ4v) is 15.1. The number of aromatic nitrogens is 3. The zero-order valence-electron chi connectivity index (χ0n) is 65.0. The van der Waals surface area contributed by atoms with Gasteiger partial charge in [0.05, 0.1) is 43.9 Å². The Kier molecular flexibility index (Phi) is 28.3. The first-order valence-electron chi connectivity index (χ1n) is 36.0. The number of nitrogens with one attached hydrogen (secondary N) is 5. The van der Waals surface area contributed by atoms with Crippen LogP contribution < -0.4 is 54.8 Å². The highest BCUT2D eigenvalue weighted by atomic mass is 35.5. The van der Waals surface area contributed by atoms with Crippen LogP contribution in [-0.2, 0) is 58.3 Å². The van der Waals surface area contributed by atoms with E-state index in [0.29, 0.717) is 62.3 Å². The topological polar surface area (TPSA) is 401 Å². The summed E-state index contributed by atoms with van der Waals surface area (Å²) in [6.07, 6.45) is -4.66. The molecule has 3 aromatic heterocycles. The molecule has 6 aliphatic rings. The van der Waals surface area contributed by atoms with Crippen LogP contribution in [0.1, 0.15) is 121 Å². The number of sulfonamides is 2. The lowest BCUT2D eigenvalue weighted by Gasteiger charge is -2.36. The van der Waals surface area contributed by atoms with Gasteiger partial charge in [0, 0.05) is 60.1 Å². The van der Waals surface area contributed by atoms with E-state index in [9.17, 15) is 81.5 Å². The van der Waals surface area contributed by atoms with Gasteiger partial charge in [-0.2, -0.15) is 26.3 Å². The number of halogens is 8. The van der Waals surface area contributed by atoms with Gasteiger partial charge in [-0.15, -0.1) is 38.0 Å². The third-order valence-corrected chi connectivity index (χ3v) is 23.7. The van der Waals surface area contributed by atoms with Gasteiger partial charge >= 0.3 is 24.6 Å². The van der Waals surface area contributed by atoms with Crippen LogP contribution in [0.5, 0.6) is 29.1 Å². The average Bonchev–Trinajstić information content (AvgIpc) is 1.58. The summed E-state index contributed by atoms with van der Waals surface area (Å²) in [4.78, 5) is 122. The second kappa shape index (κ2) is 35.1. The Balaban J connectivity index is 0.000000264. The number of hydrogen-bond donors (Lipinski definition) is 6. The number of hydrogen-bond acceptors (Lipinski definition) is 23. The zero-order valence-corrected chi connectivity index (χ0v) is 68.2. The van der Waals surface area contributed by atoms with Crippen LogP contribution >= 0.6 is 24.8 Å². The van der Waals surface area contributed by atoms with E-state index >= 15 is 0 Å². The van der Waals surface area contributed by atoms with E-state index in [2.05, 4.69) is 67.7 Å². The molecule has 2 aromatic carbocycles. The minimum Gasteiger partial charge on any atom is -0.497 e. The normalized spacial score (nSPS) is 22.5. The van der Waals surface area contributed by atoms with Gasteiger partial charge in [0.15, 0.2) is 0 Å². The lowest BCUT2D eigenvalue weighted by molar-refractivity contribution is -0.247. The fourth-order valence-electron chi connectivity index (χ4n) is 12.4. The van der Waals surface area contributed by atoms with Crippen LogP contribution in [-0.4, -0.2) is 198 Å². The molecule has 115 heavy (non-hydrogen) atoms. The van der Waals surface area contributed by atoms with Crippen molar-refractivity contribution in [1.29, 1.82) is 0 Å². The molecule has 5 aromatic rings. The van der Waals surface area contributed by atoms with Gasteiger partial charge in [0.25, 0.3) is 11.8 Å². The van der Waals surface area contributed by atoms with Gasteiger partial charge < -0.3 is 64.6 Å². The second-order valence-electron chi connectivity index (χ2n) is 31.6. The number of pyridine rings is 3. The number of likely N-dealkylation sites (tertiary alicyclic amines) is 2. The Morgan fingerprint density at radius 1 is 0.574 bits per heavy atom. The van der Waals surface area contributed by atoms with Crippen LogP contribution in [0.2, 0.25) is 0 Å². The highest BCUT2D eigenvalue weighted by molar-refractivity contribution is 7.91. The first kappa shape index (κ1) is 92.6. The van der Waals surface area contributed by atoms with Crippen molar-refractivity contribution in [2.45, 2.75) is 202 Å². The molecule has 11 rings (SSSR count). The Hall–Kier alpha value is -9.53. The number of fused-ring (bicyclic) bond motifs is 2. The lowest BCUT2D eigenvalue weighted by Crippen LogP contribution is -2.60. The van der Waals surface area contributed by atoms with E-state index < -0.39 is 172 Å². The second-order valence-corrected chi connectivity index (χ2v) is 35.5. The molecule has 40 heteroatoms. The first-order valence-corrected chi connectivity index (χ1v) is 39.1. The van der Waals surface area contributed by atoms with Gasteiger partial charge in [0.1, 0.15) is 52.9 Å². The number of amides is 7. The summed E-state index contributed by atoms with van der Waals surface area (Å²) < 4.78 is 169. The summed E-state index contributed by atoms with van der Waals surface area (Å²) in [5.74, 6) is -3.86. The molecule has 2 saturated heterocycles. The highest BCUT2D eigenvalue weighted by Crippen LogP contribution is 2.48. The number of benzene rings is 2. The molecule has 2 aliphatic heterocycles. The Labute approximate surface area is 673 Å². The summed E-state index contributed by atoms with van der Waals surface area (Å²) >= 11 is 0. The molecule has 7 amide bonds. The molecule has 632 valence electrons. The molecule has 5 heterocycles. The Morgan fingerprint density at radius 2 is 0.991 bits per heavy atom. The first-order chi connectivity index (χ1) is 52.4. The van der Waals surface area contributed by atoms with Gasteiger partial charge in [-0.3, -0.25) is 38.2 Å². The average molecular weight is 1700 g/mol. The van der Waals surface area contributed by atoms with Crippen molar-refractivity contribution in [1.82, 2.24) is 50.1 Å². The summed E-state index contributed by atoms with van der Waals surface area (Å²) in [5, 5.41) is 9.30. The quantitative estimate of drug-likeness (QED) is 0.0190. The fraction of sp³-hybridized carbons (Fsp3) is 0.533. The van der Waals surface area contributed by atoms with E-state index in [-0.39, 0.29) is 75.3 Å². The van der Waals surface area contributed by atoms with Crippen LogP contribution in [0, 0.1) is 22.7 Å². The van der Waals surface area contributed by atoms with E-state index in [1.165, 1.54) is 48.7 Å². The third-order valence-electron chi connectivity index (χ3n) is 20.1. The Bertz CT molecular complexity index is 4720. The summed E-state index contributed by atoms with van der Waals surface area (Å²) in [7, 11) is -4.71. The van der Waals surface area contributed by atoms with E-state index in [0.717, 1.165) is 34.9 Å². The number of carbonyl (C=O) groups excluding carboxylic acids is 8. The van der Waals surface area contributed by atoms with Crippen molar-refractivity contribution >= 4 is 114 Å². The predicted octanol–water partition coefficient (Wildman–Crippen LogP) is 9.16. The minimum atomic E-state index is -4.92. The number of nitrogens with two attached hydrogens (primary N) is 1. The van der Waals surface area contributed by atoms with Gasteiger partial charge in [-0.05, 0) is 142 Å².